The summed E-state index contributed by atoms with van der Waals surface area (Å²) in [4.78, 5) is 8.30. The molecule has 0 saturated carbocycles. The number of nitrogens with two attached hydrogens (primary N) is 1. The molecule has 4 N–H and O–H groups in total. The molecule has 1 rings (SSSR count). The molecule has 0 unspecified atom stereocenters. The van der Waals surface area contributed by atoms with Gasteiger partial charge in [0.2, 0.25) is 0 Å². The van der Waals surface area contributed by atoms with Gasteiger partial charge in [-0.05, 0) is 13.8 Å². The summed E-state index contributed by atoms with van der Waals surface area (Å²) in [6, 6.07) is 1.66. The van der Waals surface area contributed by atoms with Crippen molar-refractivity contribution in [2.24, 2.45) is 0 Å². The first kappa shape index (κ1) is 11.7. The molecule has 1 aromatic heterocycles. The normalized spacial score (nSPS) is 11.5. The van der Waals surface area contributed by atoms with Crippen molar-refractivity contribution in [2.45, 2.75) is 32.8 Å². The highest BCUT2D eigenvalue weighted by Gasteiger charge is 2.12. The summed E-state index contributed by atoms with van der Waals surface area (Å²) in [6.07, 6.45) is 0.738. The molecule has 0 bridgehead atoms. The average Bonchev–Trinajstić information content (AvgIpc) is 2.13. The number of aryl methyl sites for hydroxylation is 1. The number of nitrogen functional groups attached to an aromatic ring is 1. The number of anilines is 2. The van der Waals surface area contributed by atoms with E-state index in [0.717, 1.165) is 6.42 Å². The Morgan fingerprint density at radius 1 is 1.47 bits per heavy atom. The van der Waals surface area contributed by atoms with Crippen molar-refractivity contribution in [3.8, 4) is 0 Å². The lowest BCUT2D eigenvalue weighted by molar-refractivity contribution is 0.0944. The van der Waals surface area contributed by atoms with Crippen LogP contribution in [0.25, 0.3) is 0 Å². The van der Waals surface area contributed by atoms with Crippen molar-refractivity contribution >= 4 is 11.6 Å². The van der Waals surface area contributed by atoms with Crippen molar-refractivity contribution in [2.75, 3.05) is 17.6 Å². The van der Waals surface area contributed by atoms with Crippen LogP contribution in [0.15, 0.2) is 6.07 Å². The minimum atomic E-state index is -0.772. The van der Waals surface area contributed by atoms with Gasteiger partial charge in [-0.15, -0.1) is 0 Å². The second kappa shape index (κ2) is 4.44. The molecule has 0 aliphatic heterocycles. The summed E-state index contributed by atoms with van der Waals surface area (Å²) in [5.41, 5.74) is 4.85. The van der Waals surface area contributed by atoms with E-state index in [0.29, 0.717) is 24.0 Å². The first-order valence-electron chi connectivity index (χ1n) is 5.00. The van der Waals surface area contributed by atoms with Crippen molar-refractivity contribution < 1.29 is 5.11 Å². The molecule has 0 aromatic carbocycles. The standard InChI is InChI=1S/C10H18N4O/c1-4-8-13-7(11)5-9(14-8)12-6-10(2,3)15/h5,15H,4,6H2,1-3H3,(H3,11,12,13,14). The molecule has 0 atom stereocenters. The Balaban J connectivity index is 2.73. The summed E-state index contributed by atoms with van der Waals surface area (Å²) < 4.78 is 0. The Labute approximate surface area is 89.7 Å². The average molecular weight is 210 g/mol. The zero-order chi connectivity index (χ0) is 11.5. The molecular weight excluding hydrogens is 192 g/mol. The van der Waals surface area contributed by atoms with Gasteiger partial charge in [0.25, 0.3) is 0 Å². The molecule has 0 spiro atoms. The van der Waals surface area contributed by atoms with Crippen LogP contribution in [0.1, 0.15) is 26.6 Å². The molecule has 0 radical (unpaired) electrons. The van der Waals surface area contributed by atoms with E-state index in [9.17, 15) is 5.11 Å². The fourth-order valence-corrected chi connectivity index (χ4v) is 1.07. The molecule has 0 amide bonds. The van der Waals surface area contributed by atoms with E-state index in [1.54, 1.807) is 19.9 Å². The zero-order valence-corrected chi connectivity index (χ0v) is 9.41. The van der Waals surface area contributed by atoms with E-state index in [1.807, 2.05) is 6.92 Å². The van der Waals surface area contributed by atoms with Crippen LogP contribution < -0.4 is 11.1 Å². The summed E-state index contributed by atoms with van der Waals surface area (Å²) in [5.74, 6) is 1.80. The third-order valence-electron chi connectivity index (χ3n) is 1.81. The minimum Gasteiger partial charge on any atom is -0.389 e. The highest BCUT2D eigenvalue weighted by Crippen LogP contribution is 2.10. The molecule has 15 heavy (non-hydrogen) atoms. The number of rotatable bonds is 4. The van der Waals surface area contributed by atoms with Crippen molar-refractivity contribution in [1.82, 2.24) is 9.97 Å². The Hall–Kier alpha value is -1.36. The van der Waals surface area contributed by atoms with Crippen LogP contribution in [-0.2, 0) is 6.42 Å². The van der Waals surface area contributed by atoms with Gasteiger partial charge in [0.15, 0.2) is 0 Å². The van der Waals surface area contributed by atoms with E-state index >= 15 is 0 Å². The predicted molar refractivity (Wildman–Crippen MR) is 60.6 cm³/mol. The predicted octanol–water partition coefficient (Wildman–Crippen LogP) is 0.804. The van der Waals surface area contributed by atoms with Crippen molar-refractivity contribution in [3.63, 3.8) is 0 Å². The largest absolute Gasteiger partial charge is 0.389 e. The first-order chi connectivity index (χ1) is 6.90. The smallest absolute Gasteiger partial charge is 0.132 e. The number of aromatic nitrogens is 2. The first-order valence-corrected chi connectivity index (χ1v) is 5.00. The van der Waals surface area contributed by atoms with Gasteiger partial charge in [-0.25, -0.2) is 9.97 Å². The van der Waals surface area contributed by atoms with Crippen LogP contribution in [0.3, 0.4) is 0 Å². The highest BCUT2D eigenvalue weighted by atomic mass is 16.3. The van der Waals surface area contributed by atoms with E-state index < -0.39 is 5.60 Å². The quantitative estimate of drug-likeness (QED) is 0.684. The van der Waals surface area contributed by atoms with Gasteiger partial charge in [0.05, 0.1) is 5.60 Å². The van der Waals surface area contributed by atoms with E-state index in [-0.39, 0.29) is 0 Å². The van der Waals surface area contributed by atoms with Gasteiger partial charge in [0, 0.05) is 19.0 Å². The van der Waals surface area contributed by atoms with Crippen LogP contribution >= 0.6 is 0 Å². The fraction of sp³-hybridized carbons (Fsp3) is 0.600. The SMILES string of the molecule is CCc1nc(N)cc(NCC(C)(C)O)n1. The summed E-state index contributed by atoms with van der Waals surface area (Å²) in [6.45, 7) is 5.84. The second-order valence-electron chi connectivity index (χ2n) is 4.11. The Kier molecular flexibility index (Phi) is 3.47. The number of nitrogens with zero attached hydrogens (tertiary/aromatic N) is 2. The van der Waals surface area contributed by atoms with Gasteiger partial charge in [0.1, 0.15) is 17.5 Å². The summed E-state index contributed by atoms with van der Waals surface area (Å²) in [5, 5.41) is 12.6. The summed E-state index contributed by atoms with van der Waals surface area (Å²) >= 11 is 0. The van der Waals surface area contributed by atoms with Gasteiger partial charge < -0.3 is 16.2 Å². The molecule has 0 saturated heterocycles. The lowest BCUT2D eigenvalue weighted by Gasteiger charge is -2.18. The van der Waals surface area contributed by atoms with Gasteiger partial charge >= 0.3 is 0 Å². The highest BCUT2D eigenvalue weighted by molar-refractivity contribution is 5.44. The molecule has 1 aromatic rings. The maximum Gasteiger partial charge on any atom is 0.132 e. The van der Waals surface area contributed by atoms with E-state index in [2.05, 4.69) is 15.3 Å². The number of hydrogen-bond donors (Lipinski definition) is 3. The minimum absolute atomic E-state index is 0.423. The van der Waals surface area contributed by atoms with E-state index in [4.69, 9.17) is 5.73 Å². The number of hydrogen-bond acceptors (Lipinski definition) is 5. The fourth-order valence-electron chi connectivity index (χ4n) is 1.07. The molecule has 1 heterocycles. The monoisotopic (exact) mass is 210 g/mol. The molecule has 5 nitrogen and oxygen atoms in total. The molecule has 5 heteroatoms. The van der Waals surface area contributed by atoms with Crippen LogP contribution in [0.2, 0.25) is 0 Å². The third-order valence-corrected chi connectivity index (χ3v) is 1.81. The second-order valence-corrected chi connectivity index (χ2v) is 4.11. The summed E-state index contributed by atoms with van der Waals surface area (Å²) in [7, 11) is 0. The third kappa shape index (κ3) is 4.12. The molecule has 84 valence electrons. The Morgan fingerprint density at radius 2 is 2.13 bits per heavy atom. The Morgan fingerprint density at radius 3 is 2.67 bits per heavy atom. The van der Waals surface area contributed by atoms with Crippen LogP contribution in [0, 0.1) is 0 Å². The number of nitrogens with one attached hydrogen (secondary N) is 1. The number of aliphatic hydroxyl groups is 1. The van der Waals surface area contributed by atoms with Gasteiger partial charge in [-0.3, -0.25) is 0 Å². The Bertz CT molecular complexity index is 333. The maximum absolute atomic E-state index is 9.54. The lowest BCUT2D eigenvalue weighted by atomic mass is 10.1. The topological polar surface area (TPSA) is 84.1 Å². The van der Waals surface area contributed by atoms with Crippen molar-refractivity contribution in [1.29, 1.82) is 0 Å². The molecule has 0 fully saturated rings. The lowest BCUT2D eigenvalue weighted by Crippen LogP contribution is -2.29. The van der Waals surface area contributed by atoms with Gasteiger partial charge in [-0.1, -0.05) is 6.92 Å². The zero-order valence-electron chi connectivity index (χ0n) is 9.41. The van der Waals surface area contributed by atoms with Crippen LogP contribution in [-0.4, -0.2) is 27.2 Å². The van der Waals surface area contributed by atoms with Gasteiger partial charge in [-0.2, -0.15) is 0 Å². The molecular formula is C10H18N4O. The van der Waals surface area contributed by atoms with Crippen LogP contribution in [0.4, 0.5) is 11.6 Å². The van der Waals surface area contributed by atoms with E-state index in [1.165, 1.54) is 0 Å². The molecule has 0 aliphatic carbocycles. The van der Waals surface area contributed by atoms with Crippen molar-refractivity contribution in [3.05, 3.63) is 11.9 Å². The maximum atomic E-state index is 9.54. The van der Waals surface area contributed by atoms with Crippen LogP contribution in [0.5, 0.6) is 0 Å². The molecule has 0 aliphatic rings.